The summed E-state index contributed by atoms with van der Waals surface area (Å²) >= 11 is 5.60. The molecule has 3 rings (SSSR count). The van der Waals surface area contributed by atoms with E-state index < -0.39 is 12.2 Å². The largest absolute Gasteiger partial charge is 0.491 e. The van der Waals surface area contributed by atoms with E-state index in [1.807, 2.05) is 36.4 Å². The van der Waals surface area contributed by atoms with Crippen LogP contribution in [0.3, 0.4) is 0 Å². The van der Waals surface area contributed by atoms with Crippen molar-refractivity contribution >= 4 is 11.6 Å². The van der Waals surface area contributed by atoms with Gasteiger partial charge in [-0.1, -0.05) is 57.4 Å². The first kappa shape index (κ1) is 25.8. The lowest BCUT2D eigenvalue weighted by Gasteiger charge is -2.26. The third-order valence-electron chi connectivity index (χ3n) is 6.29. The average Bonchev–Trinajstić information content (AvgIpc) is 2.86. The predicted octanol–water partition coefficient (Wildman–Crippen LogP) is 5.08. The Morgan fingerprint density at radius 2 is 1.27 bits per heavy atom. The minimum Gasteiger partial charge on any atom is -0.491 e. The van der Waals surface area contributed by atoms with E-state index >= 15 is 0 Å². The second-order valence-corrected chi connectivity index (χ2v) is 9.66. The molecular weight excluding hydrogens is 440 g/mol. The lowest BCUT2D eigenvalue weighted by Crippen LogP contribution is -2.27. The SMILES string of the molecule is CC(C)(c1ccc(OCC(O)CCl)cc1)c1ccc(OCC(O)COC2CCCCC2)cc1. The Morgan fingerprint density at radius 1 is 0.788 bits per heavy atom. The van der Waals surface area contributed by atoms with Gasteiger partial charge in [-0.15, -0.1) is 11.6 Å². The van der Waals surface area contributed by atoms with Crippen molar-refractivity contribution in [1.82, 2.24) is 0 Å². The van der Waals surface area contributed by atoms with Gasteiger partial charge in [0.25, 0.3) is 0 Å². The van der Waals surface area contributed by atoms with Crippen LogP contribution in [0.2, 0.25) is 0 Å². The van der Waals surface area contributed by atoms with E-state index in [1.54, 1.807) is 0 Å². The fraction of sp³-hybridized carbons (Fsp3) is 0.556. The fourth-order valence-corrected chi connectivity index (χ4v) is 4.15. The van der Waals surface area contributed by atoms with Crippen molar-refractivity contribution in [3.63, 3.8) is 0 Å². The number of halogens is 1. The topological polar surface area (TPSA) is 68.2 Å². The van der Waals surface area contributed by atoms with Gasteiger partial charge < -0.3 is 24.4 Å². The molecule has 33 heavy (non-hydrogen) atoms. The van der Waals surface area contributed by atoms with Gasteiger partial charge in [0.05, 0.1) is 18.6 Å². The standard InChI is InChI=1S/C27H37ClO5/c1-27(2,20-8-12-25(13-9-20)31-17-22(29)16-28)21-10-14-26(15-11-21)33-19-23(30)18-32-24-6-4-3-5-7-24/h8-15,22-24,29-30H,3-7,16-19H2,1-2H3. The Morgan fingerprint density at radius 3 is 1.76 bits per heavy atom. The summed E-state index contributed by atoms with van der Waals surface area (Å²) in [6.07, 6.45) is 4.90. The highest BCUT2D eigenvalue weighted by molar-refractivity contribution is 6.18. The van der Waals surface area contributed by atoms with Crippen molar-refractivity contribution in [2.24, 2.45) is 0 Å². The van der Waals surface area contributed by atoms with E-state index in [-0.39, 0.29) is 30.6 Å². The van der Waals surface area contributed by atoms with Crippen molar-refractivity contribution in [3.05, 3.63) is 59.7 Å². The minimum atomic E-state index is -0.672. The van der Waals surface area contributed by atoms with Gasteiger partial charge in [0.2, 0.25) is 0 Å². The Bertz CT molecular complexity index is 815. The van der Waals surface area contributed by atoms with Crippen LogP contribution in [0.1, 0.15) is 57.1 Å². The van der Waals surface area contributed by atoms with Gasteiger partial charge in [-0.25, -0.2) is 0 Å². The molecule has 0 aromatic heterocycles. The maximum absolute atomic E-state index is 10.2. The molecule has 2 N–H and O–H groups in total. The Balaban J connectivity index is 1.49. The third-order valence-corrected chi connectivity index (χ3v) is 6.65. The number of ether oxygens (including phenoxy) is 3. The van der Waals surface area contributed by atoms with Crippen LogP contribution < -0.4 is 9.47 Å². The molecule has 2 aromatic rings. The van der Waals surface area contributed by atoms with Gasteiger partial charge in [0.1, 0.15) is 36.9 Å². The summed E-state index contributed by atoms with van der Waals surface area (Å²) in [5.74, 6) is 1.58. The number of aliphatic hydroxyl groups is 2. The lowest BCUT2D eigenvalue weighted by atomic mass is 9.78. The average molecular weight is 477 g/mol. The molecule has 0 amide bonds. The first-order chi connectivity index (χ1) is 15.9. The van der Waals surface area contributed by atoms with Gasteiger partial charge >= 0.3 is 0 Å². The Labute approximate surface area is 202 Å². The van der Waals surface area contributed by atoms with Crippen LogP contribution >= 0.6 is 11.6 Å². The quantitative estimate of drug-likeness (QED) is 0.418. The van der Waals surface area contributed by atoms with Gasteiger partial charge in [-0.05, 0) is 48.2 Å². The number of aliphatic hydroxyl groups excluding tert-OH is 2. The molecule has 1 aliphatic carbocycles. The van der Waals surface area contributed by atoms with Crippen LogP contribution in [0.15, 0.2) is 48.5 Å². The maximum Gasteiger partial charge on any atom is 0.119 e. The van der Waals surface area contributed by atoms with Crippen molar-refractivity contribution in [3.8, 4) is 11.5 Å². The molecule has 2 aromatic carbocycles. The summed E-state index contributed by atoms with van der Waals surface area (Å²) in [6.45, 7) is 5.05. The minimum absolute atomic E-state index is 0.151. The molecule has 2 atom stereocenters. The zero-order valence-electron chi connectivity index (χ0n) is 19.7. The molecule has 2 unspecified atom stereocenters. The number of rotatable bonds is 12. The second-order valence-electron chi connectivity index (χ2n) is 9.35. The van der Waals surface area contributed by atoms with Crippen molar-refractivity contribution in [1.29, 1.82) is 0 Å². The van der Waals surface area contributed by atoms with E-state index in [2.05, 4.69) is 26.0 Å². The monoisotopic (exact) mass is 476 g/mol. The molecule has 0 heterocycles. The molecule has 0 bridgehead atoms. The normalized spacial score (nSPS) is 16.9. The third kappa shape index (κ3) is 7.89. The molecule has 1 fully saturated rings. The summed E-state index contributed by atoms with van der Waals surface area (Å²) < 4.78 is 17.2. The summed E-state index contributed by atoms with van der Waals surface area (Å²) in [5, 5.41) is 19.7. The highest BCUT2D eigenvalue weighted by Gasteiger charge is 2.23. The second kappa shape index (κ2) is 12.6. The molecule has 182 valence electrons. The molecule has 1 saturated carbocycles. The van der Waals surface area contributed by atoms with Crippen LogP contribution in [0.4, 0.5) is 0 Å². The summed E-state index contributed by atoms with van der Waals surface area (Å²) in [6, 6.07) is 15.9. The van der Waals surface area contributed by atoms with Crippen LogP contribution in [0.25, 0.3) is 0 Å². The van der Waals surface area contributed by atoms with Gasteiger partial charge in [0, 0.05) is 5.41 Å². The van der Waals surface area contributed by atoms with Crippen LogP contribution in [-0.2, 0) is 10.2 Å². The molecule has 6 heteroatoms. The molecule has 5 nitrogen and oxygen atoms in total. The highest BCUT2D eigenvalue weighted by atomic mass is 35.5. The summed E-state index contributed by atoms with van der Waals surface area (Å²) in [7, 11) is 0. The zero-order chi connectivity index (χ0) is 23.7. The molecule has 0 radical (unpaired) electrons. The number of hydrogen-bond acceptors (Lipinski definition) is 5. The van der Waals surface area contributed by atoms with E-state index in [4.69, 9.17) is 25.8 Å². The molecule has 0 saturated heterocycles. The van der Waals surface area contributed by atoms with Gasteiger partial charge in [-0.3, -0.25) is 0 Å². The van der Waals surface area contributed by atoms with E-state index in [0.717, 1.165) is 29.7 Å². The van der Waals surface area contributed by atoms with E-state index in [0.29, 0.717) is 12.4 Å². The van der Waals surface area contributed by atoms with Crippen LogP contribution in [0, 0.1) is 0 Å². The van der Waals surface area contributed by atoms with Gasteiger partial charge in [-0.2, -0.15) is 0 Å². The fourth-order valence-electron chi connectivity index (χ4n) is 4.06. The number of alkyl halides is 1. The lowest BCUT2D eigenvalue weighted by molar-refractivity contribution is -0.0363. The molecule has 0 spiro atoms. The van der Waals surface area contributed by atoms with Crippen molar-refractivity contribution in [2.45, 2.75) is 69.7 Å². The molecule has 0 aliphatic heterocycles. The van der Waals surface area contributed by atoms with Crippen molar-refractivity contribution < 1.29 is 24.4 Å². The van der Waals surface area contributed by atoms with E-state index in [9.17, 15) is 10.2 Å². The number of hydrogen-bond donors (Lipinski definition) is 2. The molecular formula is C27H37ClO5. The maximum atomic E-state index is 10.2. The van der Waals surface area contributed by atoms with Gasteiger partial charge in [0.15, 0.2) is 0 Å². The highest BCUT2D eigenvalue weighted by Crippen LogP contribution is 2.33. The number of benzene rings is 2. The van der Waals surface area contributed by atoms with Crippen LogP contribution in [0.5, 0.6) is 11.5 Å². The first-order valence-corrected chi connectivity index (χ1v) is 12.4. The Kier molecular flexibility index (Phi) is 9.87. The zero-order valence-corrected chi connectivity index (χ0v) is 20.5. The van der Waals surface area contributed by atoms with E-state index in [1.165, 1.54) is 19.3 Å². The Hall–Kier alpha value is -1.79. The molecule has 1 aliphatic rings. The van der Waals surface area contributed by atoms with Crippen LogP contribution in [-0.4, -0.2) is 54.2 Å². The first-order valence-electron chi connectivity index (χ1n) is 11.9. The predicted molar refractivity (Wildman–Crippen MR) is 132 cm³/mol. The smallest absolute Gasteiger partial charge is 0.119 e. The van der Waals surface area contributed by atoms with Crippen molar-refractivity contribution in [2.75, 3.05) is 25.7 Å². The summed E-state index contributed by atoms with van der Waals surface area (Å²) in [4.78, 5) is 0. The summed E-state index contributed by atoms with van der Waals surface area (Å²) in [5.41, 5.74) is 2.10.